The van der Waals surface area contributed by atoms with E-state index < -0.39 is 11.5 Å². The molecule has 150 valence electrons. The number of hydrogen-bond acceptors (Lipinski definition) is 5. The highest BCUT2D eigenvalue weighted by atomic mass is 19.1. The van der Waals surface area contributed by atoms with E-state index in [1.54, 1.807) is 24.4 Å². The van der Waals surface area contributed by atoms with Gasteiger partial charge in [-0.25, -0.2) is 4.39 Å². The molecule has 1 aromatic heterocycles. The molecule has 1 amide bonds. The number of hydrogen-bond donors (Lipinski definition) is 2. The van der Waals surface area contributed by atoms with Crippen LogP contribution in [0.3, 0.4) is 0 Å². The summed E-state index contributed by atoms with van der Waals surface area (Å²) >= 11 is 0. The molecule has 0 radical (unpaired) electrons. The van der Waals surface area contributed by atoms with E-state index in [1.807, 2.05) is 25.1 Å². The predicted octanol–water partition coefficient (Wildman–Crippen LogP) is 1.59. The third kappa shape index (κ3) is 4.38. The maximum absolute atomic E-state index is 13.5. The van der Waals surface area contributed by atoms with Gasteiger partial charge in [0.2, 0.25) is 5.91 Å². The lowest BCUT2D eigenvalue weighted by Gasteiger charge is -2.46. The fourth-order valence-corrected chi connectivity index (χ4v) is 4.11. The molecule has 0 aliphatic carbocycles. The highest BCUT2D eigenvalue weighted by molar-refractivity contribution is 5.94. The van der Waals surface area contributed by atoms with Crippen LogP contribution in [0.5, 0.6) is 0 Å². The first-order valence-electron chi connectivity index (χ1n) is 9.38. The Morgan fingerprint density at radius 3 is 2.82 bits per heavy atom. The molecule has 28 heavy (non-hydrogen) atoms. The van der Waals surface area contributed by atoms with Gasteiger partial charge in [-0.05, 0) is 43.8 Å². The van der Waals surface area contributed by atoms with E-state index in [9.17, 15) is 14.3 Å². The van der Waals surface area contributed by atoms with Gasteiger partial charge >= 0.3 is 0 Å². The van der Waals surface area contributed by atoms with Crippen molar-refractivity contribution < 1.29 is 14.3 Å². The van der Waals surface area contributed by atoms with Crippen molar-refractivity contribution in [3.63, 3.8) is 0 Å². The summed E-state index contributed by atoms with van der Waals surface area (Å²) in [5, 5.41) is 11.7. The molecule has 2 heterocycles. The number of benzene rings is 1. The van der Waals surface area contributed by atoms with E-state index >= 15 is 0 Å². The number of carbonyl (C=O) groups excluding carboxylic acids is 1. The van der Waals surface area contributed by atoms with Crippen LogP contribution in [0.15, 0.2) is 42.7 Å². The van der Waals surface area contributed by atoms with Crippen LogP contribution in [0.4, 0.5) is 4.39 Å². The fourth-order valence-electron chi connectivity index (χ4n) is 4.11. The number of carbonyl (C=O) groups is 1. The first kappa shape index (κ1) is 20.4. The highest BCUT2D eigenvalue weighted by Gasteiger charge is 2.44. The summed E-state index contributed by atoms with van der Waals surface area (Å²) in [4.78, 5) is 20.0. The van der Waals surface area contributed by atoms with Gasteiger partial charge in [-0.3, -0.25) is 14.7 Å². The van der Waals surface area contributed by atoms with E-state index in [4.69, 9.17) is 5.73 Å². The van der Waals surface area contributed by atoms with Gasteiger partial charge in [0.1, 0.15) is 5.82 Å². The van der Waals surface area contributed by atoms with Crippen LogP contribution in [-0.2, 0) is 12.1 Å². The van der Waals surface area contributed by atoms with Gasteiger partial charge < -0.3 is 15.7 Å². The number of nitrogens with two attached hydrogens (primary N) is 1. The molecule has 0 spiro atoms. The molecule has 2 aromatic rings. The zero-order chi connectivity index (χ0) is 20.3. The molecule has 1 aromatic carbocycles. The first-order valence-corrected chi connectivity index (χ1v) is 9.38. The van der Waals surface area contributed by atoms with Crippen molar-refractivity contribution in [3.8, 4) is 0 Å². The van der Waals surface area contributed by atoms with Crippen LogP contribution in [0, 0.1) is 11.7 Å². The minimum Gasteiger partial charge on any atom is -0.385 e. The van der Waals surface area contributed by atoms with E-state index in [2.05, 4.69) is 9.88 Å². The normalized spacial score (nSPS) is 23.1. The Morgan fingerprint density at radius 1 is 1.39 bits per heavy atom. The number of likely N-dealkylation sites (tertiary alicyclic amines) is 1. The molecule has 0 saturated carbocycles. The van der Waals surface area contributed by atoms with Gasteiger partial charge in [0.15, 0.2) is 0 Å². The quantitative estimate of drug-likeness (QED) is 0.788. The molecule has 6 nitrogen and oxygen atoms in total. The number of aliphatic hydroxyl groups is 1. The molecule has 7 heteroatoms. The second-order valence-corrected chi connectivity index (χ2v) is 7.79. The number of primary amides is 1. The monoisotopic (exact) mass is 386 g/mol. The Kier molecular flexibility index (Phi) is 6.07. The smallest absolute Gasteiger partial charge is 0.249 e. The molecular weight excluding hydrogens is 359 g/mol. The third-order valence-electron chi connectivity index (χ3n) is 5.38. The van der Waals surface area contributed by atoms with E-state index in [0.29, 0.717) is 43.7 Å². The number of rotatable bonds is 6. The SMILES string of the molecule is CN(C)CC1CN(Cc2cncc(F)c2)CCC1(O)c1ccccc1C(N)=O. The van der Waals surface area contributed by atoms with Crippen molar-refractivity contribution in [1.29, 1.82) is 0 Å². The fraction of sp³-hybridized carbons (Fsp3) is 0.429. The first-order chi connectivity index (χ1) is 13.3. The molecule has 0 bridgehead atoms. The molecule has 3 N–H and O–H groups in total. The third-order valence-corrected chi connectivity index (χ3v) is 5.38. The average molecular weight is 386 g/mol. The lowest BCUT2D eigenvalue weighted by Crippen LogP contribution is -2.53. The topological polar surface area (TPSA) is 82.7 Å². The second-order valence-electron chi connectivity index (χ2n) is 7.79. The summed E-state index contributed by atoms with van der Waals surface area (Å²) in [6.45, 7) is 2.42. The molecule has 1 aliphatic rings. The van der Waals surface area contributed by atoms with Gasteiger partial charge in [-0.2, -0.15) is 0 Å². The molecule has 2 unspecified atom stereocenters. The van der Waals surface area contributed by atoms with Crippen LogP contribution in [-0.4, -0.2) is 59.5 Å². The van der Waals surface area contributed by atoms with Crippen molar-refractivity contribution in [2.45, 2.75) is 18.6 Å². The van der Waals surface area contributed by atoms with Crippen LogP contribution >= 0.6 is 0 Å². The van der Waals surface area contributed by atoms with Crippen molar-refractivity contribution in [3.05, 3.63) is 65.2 Å². The van der Waals surface area contributed by atoms with Gasteiger partial charge in [-0.1, -0.05) is 18.2 Å². The van der Waals surface area contributed by atoms with Crippen molar-refractivity contribution in [2.24, 2.45) is 11.7 Å². The zero-order valence-electron chi connectivity index (χ0n) is 16.3. The van der Waals surface area contributed by atoms with Gasteiger partial charge in [-0.15, -0.1) is 0 Å². The summed E-state index contributed by atoms with van der Waals surface area (Å²) in [6.07, 6.45) is 3.31. The average Bonchev–Trinajstić information content (AvgIpc) is 2.64. The van der Waals surface area contributed by atoms with E-state index in [1.165, 1.54) is 12.3 Å². The Hall–Kier alpha value is -2.35. The summed E-state index contributed by atoms with van der Waals surface area (Å²) < 4.78 is 13.5. The molecular formula is C21H27FN4O2. The Labute approximate surface area is 164 Å². The molecule has 1 aliphatic heterocycles. The van der Waals surface area contributed by atoms with Gasteiger partial charge in [0.05, 0.1) is 11.8 Å². The highest BCUT2D eigenvalue weighted by Crippen LogP contribution is 2.39. The number of nitrogens with zero attached hydrogens (tertiary/aromatic N) is 3. The van der Waals surface area contributed by atoms with Crippen molar-refractivity contribution in [2.75, 3.05) is 33.7 Å². The lowest BCUT2D eigenvalue weighted by molar-refractivity contribution is -0.0865. The van der Waals surface area contributed by atoms with E-state index in [0.717, 1.165) is 5.56 Å². The zero-order valence-corrected chi connectivity index (χ0v) is 16.3. The lowest BCUT2D eigenvalue weighted by atomic mass is 9.74. The summed E-state index contributed by atoms with van der Waals surface area (Å²) in [5.74, 6) is -1.04. The maximum atomic E-state index is 13.5. The van der Waals surface area contributed by atoms with E-state index in [-0.39, 0.29) is 11.7 Å². The number of amides is 1. The van der Waals surface area contributed by atoms with Crippen LogP contribution in [0.25, 0.3) is 0 Å². The Bertz CT molecular complexity index is 845. The van der Waals surface area contributed by atoms with Gasteiger partial charge in [0, 0.05) is 43.9 Å². The molecule has 1 fully saturated rings. The second kappa shape index (κ2) is 8.34. The maximum Gasteiger partial charge on any atom is 0.249 e. The Balaban J connectivity index is 1.88. The predicted molar refractivity (Wildman–Crippen MR) is 105 cm³/mol. The molecule has 2 atom stereocenters. The Morgan fingerprint density at radius 2 is 2.14 bits per heavy atom. The van der Waals surface area contributed by atoms with Crippen LogP contribution in [0.2, 0.25) is 0 Å². The van der Waals surface area contributed by atoms with Crippen LogP contribution in [0.1, 0.15) is 27.9 Å². The van der Waals surface area contributed by atoms with Crippen molar-refractivity contribution >= 4 is 5.91 Å². The molecule has 1 saturated heterocycles. The summed E-state index contributed by atoms with van der Waals surface area (Å²) in [6, 6.07) is 8.50. The minimum atomic E-state index is -1.16. The largest absolute Gasteiger partial charge is 0.385 e. The summed E-state index contributed by atoms with van der Waals surface area (Å²) in [7, 11) is 3.91. The van der Waals surface area contributed by atoms with Crippen molar-refractivity contribution in [1.82, 2.24) is 14.8 Å². The number of aromatic nitrogens is 1. The number of halogens is 1. The minimum absolute atomic E-state index is 0.140. The number of pyridine rings is 1. The summed E-state index contributed by atoms with van der Waals surface area (Å²) in [5.41, 5.74) is 6.14. The molecule has 3 rings (SSSR count). The van der Waals surface area contributed by atoms with Crippen LogP contribution < -0.4 is 5.73 Å². The van der Waals surface area contributed by atoms with Gasteiger partial charge in [0.25, 0.3) is 0 Å². The number of piperidine rings is 1. The standard InChI is InChI=1S/C21H27FN4O2/c1-25(2)13-16-14-26(12-15-9-17(22)11-24-10-15)8-7-21(16,28)19-6-4-3-5-18(19)20(23)27/h3-6,9-11,16,28H,7-8,12-14H2,1-2H3,(H2,23,27).